The summed E-state index contributed by atoms with van der Waals surface area (Å²) >= 11 is 2.35. The molecule has 0 aliphatic carbocycles. The van der Waals surface area contributed by atoms with Crippen molar-refractivity contribution in [3.8, 4) is 0 Å². The van der Waals surface area contributed by atoms with Crippen LogP contribution in [0.2, 0.25) is 4.59 Å². The summed E-state index contributed by atoms with van der Waals surface area (Å²) in [5, 5.41) is 0. The van der Waals surface area contributed by atoms with Crippen LogP contribution >= 0.6 is 0 Å². The van der Waals surface area contributed by atoms with Gasteiger partial charge in [-0.25, -0.2) is 0 Å². The van der Waals surface area contributed by atoms with Crippen LogP contribution in [-0.2, 0) is 0 Å². The Hall–Kier alpha value is 0.597. The second kappa shape index (κ2) is 4.42. The van der Waals surface area contributed by atoms with Gasteiger partial charge >= 0.3 is 68.3 Å². The summed E-state index contributed by atoms with van der Waals surface area (Å²) in [4.78, 5) is 0. The predicted molar refractivity (Wildman–Crippen MR) is 43.8 cm³/mol. The summed E-state index contributed by atoms with van der Waals surface area (Å²) in [6.07, 6.45) is 1.32. The Balaban J connectivity index is 3.58. The molecule has 0 nitrogen and oxygen atoms in total. The van der Waals surface area contributed by atoms with Gasteiger partial charge in [-0.1, -0.05) is 0 Å². The first-order valence-electron chi connectivity index (χ1n) is 4.09. The second-order valence-electron chi connectivity index (χ2n) is 3.49. The minimum atomic E-state index is 0.847. The number of rotatable bonds is 3. The first-order valence-corrected chi connectivity index (χ1v) is 4.09. The molecule has 0 spiro atoms. The maximum atomic E-state index is 2.35. The molecule has 0 saturated heterocycles. The van der Waals surface area contributed by atoms with E-state index in [2.05, 4.69) is 45.4 Å². The van der Waals surface area contributed by atoms with E-state index >= 15 is 0 Å². The zero-order valence-electron chi connectivity index (χ0n) is 7.44. The predicted octanol–water partition coefficient (Wildman–Crippen LogP) is 2.65. The number of hydrogen-bond donors (Lipinski definition) is 0. The van der Waals surface area contributed by atoms with Gasteiger partial charge in [0.1, 0.15) is 0 Å². The van der Waals surface area contributed by atoms with Gasteiger partial charge in [0, 0.05) is 0 Å². The van der Waals surface area contributed by atoms with Crippen LogP contribution in [-0.4, -0.2) is 17.7 Å². The molecule has 0 aromatic heterocycles. The van der Waals surface area contributed by atoms with E-state index in [9.17, 15) is 0 Å². The van der Waals surface area contributed by atoms with Crippen molar-refractivity contribution >= 4 is 17.7 Å². The van der Waals surface area contributed by atoms with E-state index in [1.54, 1.807) is 0 Å². The zero-order valence-corrected chi connectivity index (χ0v) is 7.44. The Kier molecular flexibility index (Phi) is 4.71. The topological polar surface area (TPSA) is 0 Å². The van der Waals surface area contributed by atoms with Crippen LogP contribution in [0.1, 0.15) is 34.1 Å². The number of hydrogen-bond acceptors (Lipinski definition) is 0. The summed E-state index contributed by atoms with van der Waals surface area (Å²) in [6.45, 7) is 9.21. The first kappa shape index (κ1) is 9.60. The van der Waals surface area contributed by atoms with Gasteiger partial charge in [0.2, 0.25) is 0 Å². The van der Waals surface area contributed by atoms with Crippen LogP contribution < -0.4 is 0 Å². The van der Waals surface area contributed by atoms with Gasteiger partial charge < -0.3 is 0 Å². The molecule has 0 aromatic rings. The molecule has 0 heterocycles. The third-order valence-electron chi connectivity index (χ3n) is 2.59. The van der Waals surface area contributed by atoms with Crippen molar-refractivity contribution in [2.24, 2.45) is 11.8 Å². The van der Waals surface area contributed by atoms with E-state index in [0.717, 1.165) is 16.4 Å². The van der Waals surface area contributed by atoms with Crippen molar-refractivity contribution in [1.82, 2.24) is 0 Å². The molecular formula is C8H17Li. The quantitative estimate of drug-likeness (QED) is 0.502. The fourth-order valence-corrected chi connectivity index (χ4v) is 1.03. The monoisotopic (exact) mass is 120 g/mol. The molecule has 2 atom stereocenters. The normalized spacial score (nSPS) is 18.1. The Bertz CT molecular complexity index is 69.0. The molecule has 0 saturated carbocycles. The van der Waals surface area contributed by atoms with E-state index in [1.807, 2.05) is 0 Å². The molecule has 0 radical (unpaired) electrons. The van der Waals surface area contributed by atoms with Crippen LogP contribution in [0.25, 0.3) is 0 Å². The third-order valence-corrected chi connectivity index (χ3v) is 2.59. The Labute approximate surface area is 68.6 Å². The molecule has 0 amide bonds. The molecule has 0 fully saturated rings. The van der Waals surface area contributed by atoms with E-state index in [-0.39, 0.29) is 0 Å². The fourth-order valence-electron chi connectivity index (χ4n) is 1.03. The van der Waals surface area contributed by atoms with Crippen molar-refractivity contribution in [3.63, 3.8) is 0 Å². The van der Waals surface area contributed by atoms with Crippen molar-refractivity contribution < 1.29 is 0 Å². The minimum absolute atomic E-state index is 0.847. The van der Waals surface area contributed by atoms with Crippen LogP contribution in [0, 0.1) is 11.8 Å². The fraction of sp³-hybridized carbons (Fsp3) is 1.00. The Morgan fingerprint density at radius 3 is 1.78 bits per heavy atom. The van der Waals surface area contributed by atoms with E-state index in [1.165, 1.54) is 6.42 Å². The SMILES string of the molecule is [Li][CH](C(C)C)C(C)CC. The van der Waals surface area contributed by atoms with Gasteiger partial charge in [-0.3, -0.25) is 0 Å². The van der Waals surface area contributed by atoms with Crippen LogP contribution in [0.4, 0.5) is 0 Å². The maximum absolute atomic E-state index is 2.35. The average molecular weight is 120 g/mol. The Morgan fingerprint density at radius 1 is 1.22 bits per heavy atom. The van der Waals surface area contributed by atoms with Gasteiger partial charge in [-0.05, 0) is 0 Å². The zero-order chi connectivity index (χ0) is 7.44. The molecule has 1 heteroatoms. The summed E-state index contributed by atoms with van der Waals surface area (Å²) < 4.78 is 0.884. The van der Waals surface area contributed by atoms with E-state index in [0.29, 0.717) is 0 Å². The first-order chi connectivity index (χ1) is 4.09. The van der Waals surface area contributed by atoms with Gasteiger partial charge in [-0.15, -0.1) is 0 Å². The Morgan fingerprint density at radius 2 is 1.67 bits per heavy atom. The molecule has 0 N–H and O–H groups in total. The molecule has 0 bridgehead atoms. The van der Waals surface area contributed by atoms with Crippen LogP contribution in [0.5, 0.6) is 0 Å². The van der Waals surface area contributed by atoms with Crippen molar-refractivity contribution in [1.29, 1.82) is 0 Å². The van der Waals surface area contributed by atoms with E-state index in [4.69, 9.17) is 0 Å². The summed E-state index contributed by atoms with van der Waals surface area (Å²) in [5.41, 5.74) is 0. The standard InChI is InChI=1S/C8H17.Li/c1-5-8(4)6-7(2)3;/h6-8H,5H2,1-4H3;. The van der Waals surface area contributed by atoms with Crippen molar-refractivity contribution in [2.45, 2.75) is 38.7 Å². The van der Waals surface area contributed by atoms with Gasteiger partial charge in [0.05, 0.1) is 0 Å². The molecule has 9 heavy (non-hydrogen) atoms. The molecular weight excluding hydrogens is 103 g/mol. The molecule has 50 valence electrons. The van der Waals surface area contributed by atoms with Crippen molar-refractivity contribution in [3.05, 3.63) is 0 Å². The van der Waals surface area contributed by atoms with Gasteiger partial charge in [0.15, 0.2) is 0 Å². The van der Waals surface area contributed by atoms with Gasteiger partial charge in [0.25, 0.3) is 0 Å². The molecule has 0 aliphatic heterocycles. The molecule has 0 aliphatic rings. The summed E-state index contributed by atoms with van der Waals surface area (Å²) in [7, 11) is 0. The van der Waals surface area contributed by atoms with Crippen molar-refractivity contribution in [2.75, 3.05) is 0 Å². The van der Waals surface area contributed by atoms with Crippen LogP contribution in [0.15, 0.2) is 0 Å². The summed E-state index contributed by atoms with van der Waals surface area (Å²) in [5.74, 6) is 1.74. The average Bonchev–Trinajstić information content (AvgIpc) is 1.84. The molecule has 2 unspecified atom stereocenters. The van der Waals surface area contributed by atoms with E-state index < -0.39 is 0 Å². The summed E-state index contributed by atoms with van der Waals surface area (Å²) in [6, 6.07) is 0. The second-order valence-corrected chi connectivity index (χ2v) is 3.49. The molecule has 0 rings (SSSR count). The molecule has 0 aromatic carbocycles. The van der Waals surface area contributed by atoms with Gasteiger partial charge in [-0.2, -0.15) is 0 Å². The third kappa shape index (κ3) is 3.33. The van der Waals surface area contributed by atoms with Crippen LogP contribution in [0.3, 0.4) is 0 Å².